The van der Waals surface area contributed by atoms with E-state index in [1.54, 1.807) is 0 Å². The highest BCUT2D eigenvalue weighted by molar-refractivity contribution is 9.10. The molecule has 0 atom stereocenters. The van der Waals surface area contributed by atoms with Crippen molar-refractivity contribution in [3.05, 3.63) is 27.4 Å². The second-order valence-corrected chi connectivity index (χ2v) is 4.98. The van der Waals surface area contributed by atoms with E-state index < -0.39 is 20.7 Å². The van der Waals surface area contributed by atoms with Gasteiger partial charge in [0.1, 0.15) is 4.90 Å². The molecule has 1 aromatic carbocycles. The second kappa shape index (κ2) is 3.53. The Morgan fingerprint density at radius 2 is 2.00 bits per heavy atom. The van der Waals surface area contributed by atoms with Crippen molar-refractivity contribution in [2.75, 3.05) is 0 Å². The molecule has 72 valence electrons. The van der Waals surface area contributed by atoms with Crippen LogP contribution in [0.1, 0.15) is 0 Å². The van der Waals surface area contributed by atoms with E-state index in [4.69, 9.17) is 16.7 Å². The summed E-state index contributed by atoms with van der Waals surface area (Å²) in [4.78, 5) is -0.625. The number of hydrogen-bond donors (Lipinski definition) is 1. The van der Waals surface area contributed by atoms with Gasteiger partial charge in [0, 0.05) is 4.47 Å². The quantitative estimate of drug-likeness (QED) is 0.802. The molecule has 0 heterocycles. The number of halogens is 3. The zero-order valence-electron chi connectivity index (χ0n) is 6.09. The Morgan fingerprint density at radius 3 is 2.38 bits per heavy atom. The summed E-state index contributed by atoms with van der Waals surface area (Å²) in [6.45, 7) is 0. The highest BCUT2D eigenvalue weighted by Gasteiger charge is 2.20. The maximum Gasteiger partial charge on any atom is 0.242 e. The van der Waals surface area contributed by atoms with Crippen molar-refractivity contribution in [1.29, 1.82) is 0 Å². The van der Waals surface area contributed by atoms with Crippen molar-refractivity contribution in [2.45, 2.75) is 4.90 Å². The van der Waals surface area contributed by atoms with Crippen molar-refractivity contribution in [2.24, 2.45) is 5.14 Å². The molecular formula is C6H4BrClFNO2S. The molecule has 0 saturated carbocycles. The number of primary sulfonamides is 1. The lowest BCUT2D eigenvalue weighted by atomic mass is 10.3. The van der Waals surface area contributed by atoms with E-state index in [-0.39, 0.29) is 9.50 Å². The van der Waals surface area contributed by atoms with Gasteiger partial charge in [-0.2, -0.15) is 0 Å². The molecule has 13 heavy (non-hydrogen) atoms. The van der Waals surface area contributed by atoms with E-state index in [9.17, 15) is 12.8 Å². The van der Waals surface area contributed by atoms with Gasteiger partial charge in [0.2, 0.25) is 10.0 Å². The smallest absolute Gasteiger partial charge is 0.224 e. The molecule has 0 aliphatic heterocycles. The highest BCUT2D eigenvalue weighted by atomic mass is 79.9. The highest BCUT2D eigenvalue weighted by Crippen LogP contribution is 2.28. The van der Waals surface area contributed by atoms with Crippen molar-refractivity contribution in [3.8, 4) is 0 Å². The van der Waals surface area contributed by atoms with Crippen LogP contribution in [0.25, 0.3) is 0 Å². The van der Waals surface area contributed by atoms with Gasteiger partial charge >= 0.3 is 0 Å². The Balaban J connectivity index is 3.62. The number of rotatable bonds is 1. The van der Waals surface area contributed by atoms with Crippen molar-refractivity contribution in [1.82, 2.24) is 0 Å². The van der Waals surface area contributed by atoms with Crippen LogP contribution in [0.5, 0.6) is 0 Å². The maximum atomic E-state index is 13.1. The summed E-state index contributed by atoms with van der Waals surface area (Å²) in [5.41, 5.74) is 0. The minimum Gasteiger partial charge on any atom is -0.224 e. The molecule has 1 rings (SSSR count). The molecule has 3 nitrogen and oxygen atoms in total. The molecule has 0 radical (unpaired) electrons. The standard InChI is InChI=1S/C6H4BrClFNO2S/c7-3-1-2-4(8)5(9)6(3)13(10,11)12/h1-2H,(H2,10,11,12). The summed E-state index contributed by atoms with van der Waals surface area (Å²) in [5.74, 6) is -1.04. The number of benzene rings is 1. The fourth-order valence-electron chi connectivity index (χ4n) is 0.769. The van der Waals surface area contributed by atoms with Crippen LogP contribution >= 0.6 is 27.5 Å². The predicted octanol–water partition coefficient (Wildman–Crippen LogP) is 1.89. The molecule has 0 spiro atoms. The lowest BCUT2D eigenvalue weighted by molar-refractivity contribution is 0.566. The first-order chi connectivity index (χ1) is 5.84. The van der Waals surface area contributed by atoms with Gasteiger partial charge in [0.15, 0.2) is 5.82 Å². The largest absolute Gasteiger partial charge is 0.242 e. The van der Waals surface area contributed by atoms with Crippen LogP contribution in [0.3, 0.4) is 0 Å². The van der Waals surface area contributed by atoms with Gasteiger partial charge in [0.05, 0.1) is 5.02 Å². The van der Waals surface area contributed by atoms with Crippen LogP contribution < -0.4 is 5.14 Å². The van der Waals surface area contributed by atoms with Crippen molar-refractivity contribution in [3.63, 3.8) is 0 Å². The van der Waals surface area contributed by atoms with Gasteiger partial charge in [-0.15, -0.1) is 0 Å². The Bertz CT molecular complexity index is 448. The van der Waals surface area contributed by atoms with E-state index in [1.807, 2.05) is 0 Å². The summed E-state index contributed by atoms with van der Waals surface area (Å²) in [6.07, 6.45) is 0. The SMILES string of the molecule is NS(=O)(=O)c1c(Br)ccc(Cl)c1F. The Hall–Kier alpha value is -0.170. The number of sulfonamides is 1. The topological polar surface area (TPSA) is 60.2 Å². The molecule has 0 unspecified atom stereocenters. The summed E-state index contributed by atoms with van der Waals surface area (Å²) in [7, 11) is -4.09. The molecule has 0 aliphatic rings. The Labute approximate surface area is 87.9 Å². The number of nitrogens with two attached hydrogens (primary N) is 1. The first kappa shape index (κ1) is 10.9. The number of hydrogen-bond acceptors (Lipinski definition) is 2. The van der Waals surface area contributed by atoms with E-state index >= 15 is 0 Å². The monoisotopic (exact) mass is 287 g/mol. The van der Waals surface area contributed by atoms with E-state index in [2.05, 4.69) is 15.9 Å². The summed E-state index contributed by atoms with van der Waals surface area (Å²) < 4.78 is 34.9. The van der Waals surface area contributed by atoms with Gasteiger partial charge in [-0.1, -0.05) is 11.6 Å². The van der Waals surface area contributed by atoms with Crippen LogP contribution in [0.2, 0.25) is 5.02 Å². The molecule has 0 aromatic heterocycles. The fourth-order valence-corrected chi connectivity index (χ4v) is 2.67. The van der Waals surface area contributed by atoms with Gasteiger partial charge < -0.3 is 0 Å². The van der Waals surface area contributed by atoms with E-state index in [0.29, 0.717) is 0 Å². The molecular weight excluding hydrogens is 284 g/mol. The minimum absolute atomic E-state index is 0.0527. The van der Waals surface area contributed by atoms with Crippen molar-refractivity contribution < 1.29 is 12.8 Å². The fraction of sp³-hybridized carbons (Fsp3) is 0. The zero-order chi connectivity index (χ0) is 10.2. The lowest BCUT2D eigenvalue weighted by Gasteiger charge is -2.03. The Morgan fingerprint density at radius 1 is 1.46 bits per heavy atom. The minimum atomic E-state index is -4.09. The average Bonchev–Trinajstić information content (AvgIpc) is 1.95. The first-order valence-corrected chi connectivity index (χ1v) is 5.72. The molecule has 1 aromatic rings. The van der Waals surface area contributed by atoms with E-state index in [1.165, 1.54) is 12.1 Å². The van der Waals surface area contributed by atoms with Gasteiger partial charge in [0.25, 0.3) is 0 Å². The lowest BCUT2D eigenvalue weighted by Crippen LogP contribution is -2.15. The summed E-state index contributed by atoms with van der Waals surface area (Å²) >= 11 is 8.24. The van der Waals surface area contributed by atoms with Gasteiger partial charge in [-0.25, -0.2) is 17.9 Å². The van der Waals surface area contributed by atoms with E-state index in [0.717, 1.165) is 0 Å². The normalized spacial score (nSPS) is 11.7. The summed E-state index contributed by atoms with van der Waals surface area (Å²) in [5, 5.41) is 4.49. The summed E-state index contributed by atoms with van der Waals surface area (Å²) in [6, 6.07) is 2.54. The molecule has 0 bridgehead atoms. The third-order valence-electron chi connectivity index (χ3n) is 1.29. The first-order valence-electron chi connectivity index (χ1n) is 3.00. The van der Waals surface area contributed by atoms with Gasteiger partial charge in [-0.05, 0) is 28.1 Å². The molecule has 2 N–H and O–H groups in total. The van der Waals surface area contributed by atoms with Crippen LogP contribution in [0, 0.1) is 5.82 Å². The molecule has 0 aliphatic carbocycles. The van der Waals surface area contributed by atoms with Crippen LogP contribution in [0.15, 0.2) is 21.5 Å². The maximum absolute atomic E-state index is 13.1. The molecule has 0 saturated heterocycles. The molecule has 7 heteroatoms. The third kappa shape index (κ3) is 2.19. The third-order valence-corrected chi connectivity index (χ3v) is 3.47. The van der Waals surface area contributed by atoms with Crippen molar-refractivity contribution >= 4 is 37.6 Å². The second-order valence-electron chi connectivity index (χ2n) is 2.22. The molecule has 0 fully saturated rings. The molecule has 0 amide bonds. The van der Waals surface area contributed by atoms with Crippen LogP contribution in [-0.4, -0.2) is 8.42 Å². The van der Waals surface area contributed by atoms with Crippen LogP contribution in [0.4, 0.5) is 4.39 Å². The van der Waals surface area contributed by atoms with Crippen LogP contribution in [-0.2, 0) is 10.0 Å². The van der Waals surface area contributed by atoms with Gasteiger partial charge in [-0.3, -0.25) is 0 Å². The average molecular weight is 289 g/mol. The predicted molar refractivity (Wildman–Crippen MR) is 50.5 cm³/mol. The Kier molecular flexibility index (Phi) is 2.96. The zero-order valence-corrected chi connectivity index (χ0v) is 9.25.